The van der Waals surface area contributed by atoms with Crippen LogP contribution in [-0.2, 0) is 6.54 Å². The number of aryl methyl sites for hydroxylation is 1. The molecule has 0 saturated heterocycles. The van der Waals surface area contributed by atoms with Gasteiger partial charge in [-0.2, -0.15) is 5.26 Å². The van der Waals surface area contributed by atoms with Crippen LogP contribution in [0, 0.1) is 11.3 Å². The lowest BCUT2D eigenvalue weighted by Gasteiger charge is -2.05. The molecule has 0 radical (unpaired) electrons. The Morgan fingerprint density at radius 1 is 1.53 bits per heavy atom. The second-order valence-electron chi connectivity index (χ2n) is 3.99. The van der Waals surface area contributed by atoms with E-state index in [2.05, 4.69) is 20.9 Å². The van der Waals surface area contributed by atoms with Gasteiger partial charge in [0.1, 0.15) is 11.3 Å². The molecule has 2 heterocycles. The van der Waals surface area contributed by atoms with Crippen molar-refractivity contribution in [1.82, 2.24) is 9.55 Å². The third-order valence-electron chi connectivity index (χ3n) is 2.94. The van der Waals surface area contributed by atoms with Crippen molar-refractivity contribution in [3.05, 3.63) is 17.7 Å². The minimum Gasteiger partial charge on any atom is -0.491 e. The van der Waals surface area contributed by atoms with Crippen LogP contribution in [0.15, 0.2) is 12.1 Å². The summed E-state index contributed by atoms with van der Waals surface area (Å²) < 4.78 is 7.79. The monoisotopic (exact) mass is 228 g/mol. The lowest BCUT2D eigenvalue weighted by Crippen LogP contribution is -2.03. The number of benzene rings is 1. The Hall–Kier alpha value is -2.22. The molecule has 17 heavy (non-hydrogen) atoms. The van der Waals surface area contributed by atoms with Crippen LogP contribution < -0.4 is 10.1 Å². The van der Waals surface area contributed by atoms with Crippen molar-refractivity contribution < 1.29 is 4.74 Å². The second-order valence-corrected chi connectivity index (χ2v) is 3.99. The van der Waals surface area contributed by atoms with E-state index in [1.807, 2.05) is 7.05 Å². The Balaban J connectivity index is 2.37. The topological polar surface area (TPSA) is 62.9 Å². The number of nitriles is 1. The highest BCUT2D eigenvalue weighted by molar-refractivity contribution is 5.86. The first-order chi connectivity index (χ1) is 8.33. The first-order valence-electron chi connectivity index (χ1n) is 5.58. The molecule has 0 saturated carbocycles. The molecule has 2 aromatic rings. The zero-order valence-electron chi connectivity index (χ0n) is 9.53. The van der Waals surface area contributed by atoms with Crippen LogP contribution >= 0.6 is 0 Å². The van der Waals surface area contributed by atoms with E-state index in [9.17, 15) is 0 Å². The molecule has 0 spiro atoms. The van der Waals surface area contributed by atoms with Gasteiger partial charge in [0.2, 0.25) is 5.95 Å². The minimum absolute atomic E-state index is 0.585. The molecule has 0 bridgehead atoms. The molecule has 0 amide bonds. The zero-order valence-corrected chi connectivity index (χ0v) is 9.53. The summed E-state index contributed by atoms with van der Waals surface area (Å²) in [4.78, 5) is 4.47. The first kappa shape index (κ1) is 9.97. The third-order valence-corrected chi connectivity index (χ3v) is 2.94. The van der Waals surface area contributed by atoms with Crippen LogP contribution in [0.5, 0.6) is 5.75 Å². The number of nitrogens with one attached hydrogen (secondary N) is 1. The van der Waals surface area contributed by atoms with Crippen LogP contribution in [0.25, 0.3) is 11.0 Å². The third kappa shape index (κ3) is 1.41. The molecule has 0 unspecified atom stereocenters. The maximum atomic E-state index is 8.98. The predicted octanol–water partition coefficient (Wildman–Crippen LogP) is 1.73. The molecule has 0 aliphatic carbocycles. The molecule has 1 aromatic heterocycles. The Bertz CT molecular complexity index is 623. The quantitative estimate of drug-likeness (QED) is 0.807. The van der Waals surface area contributed by atoms with Crippen molar-refractivity contribution in [3.63, 3.8) is 0 Å². The van der Waals surface area contributed by atoms with Crippen LogP contribution in [0.4, 0.5) is 5.95 Å². The Labute approximate surface area is 98.6 Å². The van der Waals surface area contributed by atoms with Gasteiger partial charge in [0, 0.05) is 19.7 Å². The fourth-order valence-corrected chi connectivity index (χ4v) is 2.22. The molecular formula is C12H12N4O. The van der Waals surface area contributed by atoms with Crippen LogP contribution in [-0.4, -0.2) is 23.2 Å². The summed E-state index contributed by atoms with van der Waals surface area (Å²) in [7, 11) is 1.85. The number of hydrogen-bond acceptors (Lipinski definition) is 4. The van der Waals surface area contributed by atoms with E-state index >= 15 is 0 Å². The lowest BCUT2D eigenvalue weighted by atomic mass is 10.2. The van der Waals surface area contributed by atoms with Crippen LogP contribution in [0.3, 0.4) is 0 Å². The molecule has 1 aliphatic heterocycles. The molecule has 5 heteroatoms. The summed E-state index contributed by atoms with van der Waals surface area (Å²) >= 11 is 0. The van der Waals surface area contributed by atoms with Gasteiger partial charge in [0.05, 0.1) is 23.8 Å². The summed E-state index contributed by atoms with van der Waals surface area (Å²) in [5, 5.41) is 12.1. The van der Waals surface area contributed by atoms with Gasteiger partial charge in [0.15, 0.2) is 0 Å². The number of aromatic nitrogens is 2. The average molecular weight is 228 g/mol. The molecule has 0 fully saturated rings. The van der Waals surface area contributed by atoms with Crippen molar-refractivity contribution in [2.45, 2.75) is 13.0 Å². The first-order valence-corrected chi connectivity index (χ1v) is 5.58. The highest BCUT2D eigenvalue weighted by atomic mass is 16.5. The van der Waals surface area contributed by atoms with Crippen molar-refractivity contribution in [2.75, 3.05) is 19.0 Å². The fourth-order valence-electron chi connectivity index (χ4n) is 2.22. The van der Waals surface area contributed by atoms with Gasteiger partial charge in [0.25, 0.3) is 0 Å². The maximum Gasteiger partial charge on any atom is 0.203 e. The Kier molecular flexibility index (Phi) is 2.15. The van der Waals surface area contributed by atoms with Gasteiger partial charge in [-0.3, -0.25) is 0 Å². The van der Waals surface area contributed by atoms with Gasteiger partial charge < -0.3 is 14.6 Å². The molecule has 3 rings (SSSR count). The molecule has 1 aromatic carbocycles. The van der Waals surface area contributed by atoms with E-state index < -0.39 is 0 Å². The number of ether oxygens (including phenoxy) is 1. The van der Waals surface area contributed by atoms with Crippen molar-refractivity contribution >= 4 is 17.0 Å². The second kappa shape index (κ2) is 3.67. The molecule has 1 aliphatic rings. The van der Waals surface area contributed by atoms with E-state index in [4.69, 9.17) is 10.00 Å². The van der Waals surface area contributed by atoms with E-state index in [1.165, 1.54) is 0 Å². The average Bonchev–Trinajstić information content (AvgIpc) is 2.57. The smallest absolute Gasteiger partial charge is 0.203 e. The van der Waals surface area contributed by atoms with E-state index in [0.29, 0.717) is 12.2 Å². The lowest BCUT2D eigenvalue weighted by molar-refractivity contribution is 0.315. The van der Waals surface area contributed by atoms with Crippen molar-refractivity contribution in [3.8, 4) is 11.8 Å². The highest BCUT2D eigenvalue weighted by Gasteiger charge is 2.18. The van der Waals surface area contributed by atoms with E-state index in [-0.39, 0.29) is 0 Å². The SMILES string of the molecule is CNc1nc2cc(C#N)cc3c2n1CCCO3. The number of hydrogen-bond donors (Lipinski definition) is 1. The number of rotatable bonds is 1. The number of imidazole rings is 1. The Morgan fingerprint density at radius 3 is 3.18 bits per heavy atom. The predicted molar refractivity (Wildman–Crippen MR) is 64.1 cm³/mol. The summed E-state index contributed by atoms with van der Waals surface area (Å²) in [6, 6.07) is 5.71. The maximum absolute atomic E-state index is 8.98. The van der Waals surface area contributed by atoms with Crippen molar-refractivity contribution in [2.24, 2.45) is 0 Å². The summed E-state index contributed by atoms with van der Waals surface area (Å²) in [5.41, 5.74) is 2.37. The van der Waals surface area contributed by atoms with E-state index in [1.54, 1.807) is 12.1 Å². The van der Waals surface area contributed by atoms with Gasteiger partial charge in [-0.25, -0.2) is 4.98 Å². The van der Waals surface area contributed by atoms with Crippen LogP contribution in [0.2, 0.25) is 0 Å². The minimum atomic E-state index is 0.585. The van der Waals surface area contributed by atoms with E-state index in [0.717, 1.165) is 35.7 Å². The number of nitrogens with zero attached hydrogens (tertiary/aromatic N) is 3. The highest BCUT2D eigenvalue weighted by Crippen LogP contribution is 2.32. The summed E-state index contributed by atoms with van der Waals surface area (Å²) in [6.45, 7) is 1.56. The molecular weight excluding hydrogens is 216 g/mol. The van der Waals surface area contributed by atoms with Crippen LogP contribution in [0.1, 0.15) is 12.0 Å². The molecule has 0 atom stereocenters. The zero-order chi connectivity index (χ0) is 11.8. The van der Waals surface area contributed by atoms with Crippen molar-refractivity contribution in [1.29, 1.82) is 5.26 Å². The summed E-state index contributed by atoms with van der Waals surface area (Å²) in [6.07, 6.45) is 0.941. The normalized spacial score (nSPS) is 13.9. The largest absolute Gasteiger partial charge is 0.491 e. The Morgan fingerprint density at radius 2 is 2.41 bits per heavy atom. The van der Waals surface area contributed by atoms with Gasteiger partial charge in [-0.05, 0) is 12.5 Å². The van der Waals surface area contributed by atoms with Gasteiger partial charge in [-0.1, -0.05) is 0 Å². The van der Waals surface area contributed by atoms with Gasteiger partial charge >= 0.3 is 0 Å². The number of anilines is 1. The summed E-state index contributed by atoms with van der Waals surface area (Å²) in [5.74, 6) is 1.58. The molecule has 86 valence electrons. The molecule has 1 N–H and O–H groups in total. The standard InChI is InChI=1S/C12H12N4O/c1-14-12-15-9-5-8(7-13)6-10-11(9)16(12)3-2-4-17-10/h5-6H,2-4H2,1H3,(H,14,15). The fraction of sp³-hybridized carbons (Fsp3) is 0.333. The molecule has 5 nitrogen and oxygen atoms in total. The van der Waals surface area contributed by atoms with Gasteiger partial charge in [-0.15, -0.1) is 0 Å².